The van der Waals surface area contributed by atoms with Crippen LogP contribution in [0.15, 0.2) is 0 Å². The molecule has 0 saturated carbocycles. The normalized spacial score (nSPS) is 8.94. The van der Waals surface area contributed by atoms with Gasteiger partial charge >= 0.3 is 19.3 Å². The molecule has 0 aliphatic rings. The van der Waals surface area contributed by atoms with E-state index in [9.17, 15) is 18.6 Å². The summed E-state index contributed by atoms with van der Waals surface area (Å²) in [5.41, 5.74) is 0. The van der Waals surface area contributed by atoms with Crippen molar-refractivity contribution in [3.8, 4) is 0 Å². The maximum absolute atomic E-state index is 10.5. The van der Waals surface area contributed by atoms with Crippen LogP contribution in [0.5, 0.6) is 0 Å². The van der Waals surface area contributed by atoms with E-state index in [2.05, 4.69) is 37.9 Å². The van der Waals surface area contributed by atoms with Crippen LogP contribution in [0.2, 0.25) is 0 Å². The van der Waals surface area contributed by atoms with E-state index < -0.39 is 19.3 Å². The van der Waals surface area contributed by atoms with Gasteiger partial charge in [0.05, 0.1) is 27.7 Å². The molecule has 11 heteroatoms. The predicted octanol–water partition coefficient (Wildman–Crippen LogP) is -1.50. The van der Waals surface area contributed by atoms with E-state index in [1.165, 1.54) is 6.54 Å². The summed E-state index contributed by atoms with van der Waals surface area (Å²) >= 11 is 0. The van der Waals surface area contributed by atoms with Crippen molar-refractivity contribution in [2.75, 3.05) is 27.7 Å². The lowest BCUT2D eigenvalue weighted by molar-refractivity contribution is -0.868. The summed E-state index contributed by atoms with van der Waals surface area (Å²) in [6.07, 6.45) is 0. The molecular formula is C7H17BF2NO7+. The lowest BCUT2D eigenvalue weighted by Crippen LogP contribution is -2.33. The molecule has 0 aromatic heterocycles. The van der Waals surface area contributed by atoms with Gasteiger partial charge in [-0.1, -0.05) is 0 Å². The number of quaternary nitrogens is 1. The van der Waals surface area contributed by atoms with Crippen molar-refractivity contribution in [2.45, 2.75) is 6.92 Å². The van der Waals surface area contributed by atoms with Crippen LogP contribution in [-0.2, 0) is 19.5 Å². The number of hydrogen-bond donors (Lipinski definition) is 3. The highest BCUT2D eigenvalue weighted by molar-refractivity contribution is 6.30. The summed E-state index contributed by atoms with van der Waals surface area (Å²) in [6.45, 7) is 3.39. The molecule has 0 unspecified atom stereocenters. The Bertz CT molecular complexity index is 218. The predicted molar refractivity (Wildman–Crippen MR) is 55.4 cm³/mol. The van der Waals surface area contributed by atoms with E-state index in [-0.39, 0.29) is 0 Å². The van der Waals surface area contributed by atoms with Gasteiger partial charge in [0.2, 0.25) is 0 Å². The highest BCUT2D eigenvalue weighted by Gasteiger charge is 2.18. The molecular weight excluding hydrogens is 259 g/mol. The van der Waals surface area contributed by atoms with Crippen molar-refractivity contribution in [1.82, 2.24) is 0 Å². The topological polar surface area (TPSA) is 113 Å². The molecule has 0 aromatic carbocycles. The largest absolute Gasteiger partial charge is 0.631 e. The van der Waals surface area contributed by atoms with E-state index in [0.29, 0.717) is 0 Å². The second-order valence-corrected chi connectivity index (χ2v) is 3.68. The summed E-state index contributed by atoms with van der Waals surface area (Å²) in [4.78, 5) is 23.4. The van der Waals surface area contributed by atoms with Crippen molar-refractivity contribution >= 4 is 19.3 Å². The number of nitrogens with zero attached hydrogens (tertiary/aromatic N) is 1. The van der Waals surface area contributed by atoms with Crippen molar-refractivity contribution in [3.63, 3.8) is 0 Å². The number of rotatable bonds is 1. The molecule has 0 amide bonds. The van der Waals surface area contributed by atoms with Gasteiger partial charge in [0, 0.05) is 9.05 Å². The summed E-state index contributed by atoms with van der Waals surface area (Å²) in [6, 6.07) is 0. The maximum atomic E-state index is 10.5. The van der Waals surface area contributed by atoms with Crippen LogP contribution >= 0.6 is 0 Å². The minimum atomic E-state index is -2.17. The third kappa shape index (κ3) is 29.3. The van der Waals surface area contributed by atoms with E-state index in [1.807, 2.05) is 0 Å². The van der Waals surface area contributed by atoms with Crippen LogP contribution in [0.25, 0.3) is 0 Å². The highest BCUT2D eigenvalue weighted by atomic mass is 19.3. The van der Waals surface area contributed by atoms with Crippen molar-refractivity contribution in [3.05, 3.63) is 0 Å². The number of hydrogen-bond acceptors (Lipinski definition) is 7. The Morgan fingerprint density at radius 3 is 1.28 bits per heavy atom. The van der Waals surface area contributed by atoms with Gasteiger partial charge in [-0.2, -0.15) is 0 Å². The van der Waals surface area contributed by atoms with Gasteiger partial charge in [0.1, 0.15) is 0 Å². The molecule has 0 fully saturated rings. The summed E-state index contributed by atoms with van der Waals surface area (Å²) in [5.74, 6) is -4.04. The first-order valence-electron chi connectivity index (χ1n) is 4.51. The Labute approximate surface area is 103 Å². The quantitative estimate of drug-likeness (QED) is 0.303. The molecule has 0 bridgehead atoms. The minimum Gasteiger partial charge on any atom is -0.402 e. The van der Waals surface area contributed by atoms with Crippen LogP contribution < -0.4 is 0 Å². The maximum Gasteiger partial charge on any atom is 0.631 e. The SMILES string of the molecule is CC[N+](C)(C)C.O=C(OF)C(=O)OF.OB(O)O. The zero-order valence-corrected chi connectivity index (χ0v) is 10.5. The zero-order valence-electron chi connectivity index (χ0n) is 10.5. The van der Waals surface area contributed by atoms with Gasteiger partial charge in [-0.15, -0.1) is 0 Å². The fraction of sp³-hybridized carbons (Fsp3) is 0.714. The second kappa shape index (κ2) is 12.2. The average molecular weight is 276 g/mol. The summed E-state index contributed by atoms with van der Waals surface area (Å²) in [7, 11) is 4.37. The van der Waals surface area contributed by atoms with Crippen molar-refractivity contribution < 1.29 is 48.1 Å². The molecule has 108 valence electrons. The molecule has 0 aliphatic heterocycles. The first-order valence-corrected chi connectivity index (χ1v) is 4.51. The van der Waals surface area contributed by atoms with Gasteiger partial charge in [-0.25, -0.2) is 19.5 Å². The molecule has 0 rings (SSSR count). The molecule has 0 spiro atoms. The Hall–Kier alpha value is -1.30. The van der Waals surface area contributed by atoms with Crippen LogP contribution in [0.3, 0.4) is 0 Å². The van der Waals surface area contributed by atoms with Crippen LogP contribution in [0, 0.1) is 0 Å². The first-order chi connectivity index (χ1) is 8.01. The molecule has 0 atom stereocenters. The Balaban J connectivity index is -0.000000200. The minimum absolute atomic E-state index is 1.07. The van der Waals surface area contributed by atoms with Gasteiger partial charge in [-0.3, -0.25) is 0 Å². The molecule has 0 aliphatic carbocycles. The average Bonchev–Trinajstić information content (AvgIpc) is 2.26. The monoisotopic (exact) mass is 276 g/mol. The summed E-state index contributed by atoms with van der Waals surface area (Å²) < 4.78 is 22.1. The Morgan fingerprint density at radius 1 is 1.06 bits per heavy atom. The van der Waals surface area contributed by atoms with Gasteiger partial charge < -0.3 is 19.6 Å². The summed E-state index contributed by atoms with van der Waals surface area (Å²) in [5, 5.41) is 21.5. The van der Waals surface area contributed by atoms with Gasteiger partial charge in [0.15, 0.2) is 0 Å². The Morgan fingerprint density at radius 2 is 1.22 bits per heavy atom. The van der Waals surface area contributed by atoms with Gasteiger partial charge in [-0.05, 0) is 6.92 Å². The molecule has 0 saturated heterocycles. The fourth-order valence-electron chi connectivity index (χ4n) is 0.0630. The lowest BCUT2D eigenvalue weighted by Gasteiger charge is -2.20. The molecule has 18 heavy (non-hydrogen) atoms. The molecule has 0 heterocycles. The Kier molecular flexibility index (Phi) is 14.8. The third-order valence-corrected chi connectivity index (χ3v) is 1.26. The van der Waals surface area contributed by atoms with E-state index in [1.54, 1.807) is 0 Å². The van der Waals surface area contributed by atoms with E-state index in [4.69, 9.17) is 15.1 Å². The zero-order chi connectivity index (χ0) is 15.4. The van der Waals surface area contributed by atoms with E-state index in [0.717, 1.165) is 4.48 Å². The lowest BCUT2D eigenvalue weighted by atomic mass is 10.3. The van der Waals surface area contributed by atoms with Crippen molar-refractivity contribution in [1.29, 1.82) is 0 Å². The number of carbonyl (C=O) groups excluding carboxylic acids is 2. The highest BCUT2D eigenvalue weighted by Crippen LogP contribution is 1.84. The third-order valence-electron chi connectivity index (χ3n) is 1.26. The van der Waals surface area contributed by atoms with Crippen LogP contribution in [-0.4, -0.2) is 66.5 Å². The standard InChI is InChI=1S/C5H14N.C2F2O4.BH3O3/c1-5-6(2,3)4;3-7-1(5)2(6)8-4;2-1(3)4/h5H2,1-4H3;;2-4H/q+1;;. The molecule has 0 radical (unpaired) electrons. The van der Waals surface area contributed by atoms with Crippen LogP contribution in [0.1, 0.15) is 6.92 Å². The van der Waals surface area contributed by atoms with Gasteiger partial charge in [0.25, 0.3) is 0 Å². The molecule has 8 nitrogen and oxygen atoms in total. The number of carbonyl (C=O) groups is 2. The molecule has 3 N–H and O–H groups in total. The molecule has 0 aromatic rings. The smallest absolute Gasteiger partial charge is 0.402 e. The second-order valence-electron chi connectivity index (χ2n) is 3.68. The first kappa shape index (κ1) is 21.9. The number of halogens is 2. The van der Waals surface area contributed by atoms with Crippen LogP contribution in [0.4, 0.5) is 9.05 Å². The fourth-order valence-corrected chi connectivity index (χ4v) is 0.0630. The van der Waals surface area contributed by atoms with Crippen molar-refractivity contribution in [2.24, 2.45) is 0 Å². The van der Waals surface area contributed by atoms with E-state index >= 15 is 0 Å².